The summed E-state index contributed by atoms with van der Waals surface area (Å²) in [7, 11) is -1.57. The maximum absolute atomic E-state index is 8.08. The standard InChI is InChI=1S/C78H109NSi/c1-15-21-27-33-39-64-56-71(65(40-34-28-22-16-2)55-70(64)46-45-63-53-76(61(7)8)78(79-11)77(54-63)62(9)10)47-48-72-57-67(42-36-30-24-18-4)73(58-66(72)41-35-29-23-17-3)49-50-74-59-69(44-38-32-26-20-6)75(51-52-80(12,13)14)60-68(74)43-37-31-25-19-5/h53-62H,15-44H2,1-10,12-14H3. The van der Waals surface area contributed by atoms with Gasteiger partial charge in [0.1, 0.15) is 8.07 Å². The van der Waals surface area contributed by atoms with Crippen LogP contribution in [0.5, 0.6) is 0 Å². The molecule has 0 amide bonds. The third kappa shape index (κ3) is 23.7. The van der Waals surface area contributed by atoms with Crippen molar-refractivity contribution in [3.8, 4) is 47.0 Å². The lowest BCUT2D eigenvalue weighted by Crippen LogP contribution is -2.16. The van der Waals surface area contributed by atoms with E-state index in [1.807, 2.05) is 0 Å². The van der Waals surface area contributed by atoms with Crippen LogP contribution in [0.4, 0.5) is 5.69 Å². The summed E-state index contributed by atoms with van der Waals surface area (Å²) in [5.41, 5.74) is 23.0. The van der Waals surface area contributed by atoms with E-state index in [2.05, 4.69) is 189 Å². The van der Waals surface area contributed by atoms with Crippen LogP contribution in [0.2, 0.25) is 19.6 Å². The molecule has 4 aromatic carbocycles. The van der Waals surface area contributed by atoms with Gasteiger partial charge in [0, 0.05) is 38.9 Å². The molecule has 4 aromatic rings. The maximum Gasteiger partial charge on any atom is 0.194 e. The van der Waals surface area contributed by atoms with Crippen LogP contribution in [0, 0.1) is 53.6 Å². The molecule has 0 aliphatic carbocycles. The SMILES string of the molecule is [C-]#[N+]c1c(C(C)C)cc(C#Cc2cc(CCCCCC)c(C#Cc3cc(CCCCCC)c(C#Cc4cc(CCCCCC)c(C#C[Si](C)(C)C)cc4CCCCCC)cc3CCCCCC)cc2CCCCCC)cc1C(C)C. The highest BCUT2D eigenvalue weighted by atomic mass is 28.3. The van der Waals surface area contributed by atoms with Crippen molar-refractivity contribution in [3.63, 3.8) is 0 Å². The largest absolute Gasteiger partial charge is 0.238 e. The molecule has 80 heavy (non-hydrogen) atoms. The fourth-order valence-electron chi connectivity index (χ4n) is 10.9. The van der Waals surface area contributed by atoms with E-state index in [0.29, 0.717) is 0 Å². The quantitative estimate of drug-likeness (QED) is 0.0199. The molecule has 0 bridgehead atoms. The minimum atomic E-state index is -1.57. The zero-order valence-corrected chi connectivity index (χ0v) is 54.4. The van der Waals surface area contributed by atoms with Gasteiger partial charge in [-0.05, 0) is 170 Å². The van der Waals surface area contributed by atoms with Gasteiger partial charge in [0.05, 0.1) is 6.57 Å². The Morgan fingerprint density at radius 2 is 0.575 bits per heavy atom. The Morgan fingerprint density at radius 3 is 0.787 bits per heavy atom. The number of benzene rings is 4. The molecule has 0 atom stereocenters. The van der Waals surface area contributed by atoms with E-state index in [9.17, 15) is 0 Å². The van der Waals surface area contributed by atoms with Gasteiger partial charge in [-0.15, -0.1) is 5.54 Å². The summed E-state index contributed by atoms with van der Waals surface area (Å²) < 4.78 is 0. The van der Waals surface area contributed by atoms with Gasteiger partial charge in [0.25, 0.3) is 0 Å². The zero-order valence-electron chi connectivity index (χ0n) is 53.4. The van der Waals surface area contributed by atoms with Crippen LogP contribution in [0.15, 0.2) is 48.5 Å². The number of rotatable bonds is 32. The van der Waals surface area contributed by atoms with E-state index < -0.39 is 8.07 Å². The lowest BCUT2D eigenvalue weighted by Gasteiger charge is -2.16. The fraction of sp³-hybridized carbons (Fsp3) is 0.577. The van der Waals surface area contributed by atoms with E-state index in [0.717, 1.165) is 92.1 Å². The smallest absolute Gasteiger partial charge is 0.194 e. The van der Waals surface area contributed by atoms with Gasteiger partial charge in [-0.1, -0.05) is 258 Å². The number of aryl methyl sites for hydroxylation is 6. The van der Waals surface area contributed by atoms with Crippen molar-refractivity contribution < 1.29 is 0 Å². The molecule has 0 heterocycles. The highest BCUT2D eigenvalue weighted by Crippen LogP contribution is 2.36. The van der Waals surface area contributed by atoms with E-state index in [-0.39, 0.29) is 11.8 Å². The van der Waals surface area contributed by atoms with Crippen molar-refractivity contribution in [2.75, 3.05) is 0 Å². The van der Waals surface area contributed by atoms with E-state index in [1.54, 1.807) is 0 Å². The summed E-state index contributed by atoms with van der Waals surface area (Å²) in [4.78, 5) is 4.04. The molecule has 0 saturated heterocycles. The fourth-order valence-corrected chi connectivity index (χ4v) is 11.4. The molecule has 1 nitrogen and oxygen atoms in total. The molecule has 0 fully saturated rings. The molecule has 4 rings (SSSR count). The molecule has 0 aromatic heterocycles. The molecule has 0 N–H and O–H groups in total. The molecule has 0 aliphatic rings. The first-order valence-corrected chi connectivity index (χ1v) is 36.3. The average Bonchev–Trinajstić information content (AvgIpc) is 3.49. The molecular formula is C78H109NSi. The Bertz CT molecular complexity index is 2790. The van der Waals surface area contributed by atoms with Crippen molar-refractivity contribution in [1.29, 1.82) is 0 Å². The summed E-state index contributed by atoms with van der Waals surface area (Å²) in [5, 5.41) is 0. The Kier molecular flexibility index (Phi) is 31.8. The monoisotopic (exact) mass is 1090 g/mol. The molecule has 0 spiro atoms. The van der Waals surface area contributed by atoms with Gasteiger partial charge in [-0.3, -0.25) is 0 Å². The second kappa shape index (κ2) is 37.8. The summed E-state index contributed by atoms with van der Waals surface area (Å²) in [5.74, 6) is 27.3. The van der Waals surface area contributed by atoms with Gasteiger partial charge < -0.3 is 0 Å². The number of hydrogen-bond donors (Lipinski definition) is 0. The van der Waals surface area contributed by atoms with E-state index in [4.69, 9.17) is 6.57 Å². The Balaban J connectivity index is 2.00. The van der Waals surface area contributed by atoms with Gasteiger partial charge in [0.15, 0.2) is 5.69 Å². The Morgan fingerprint density at radius 1 is 0.338 bits per heavy atom. The second-order valence-corrected chi connectivity index (χ2v) is 29.8. The van der Waals surface area contributed by atoms with Crippen LogP contribution < -0.4 is 0 Å². The molecular weight excluding hydrogens is 979 g/mol. The molecule has 2 heteroatoms. The topological polar surface area (TPSA) is 4.36 Å². The predicted octanol–water partition coefficient (Wildman–Crippen LogP) is 22.6. The van der Waals surface area contributed by atoms with E-state index >= 15 is 0 Å². The first kappa shape index (κ1) is 67.3. The van der Waals surface area contributed by atoms with Crippen LogP contribution in [0.1, 0.15) is 319 Å². The third-order valence-electron chi connectivity index (χ3n) is 15.9. The zero-order chi connectivity index (χ0) is 58.1. The highest BCUT2D eigenvalue weighted by molar-refractivity contribution is 6.83. The van der Waals surface area contributed by atoms with Crippen LogP contribution in [0.25, 0.3) is 4.85 Å². The van der Waals surface area contributed by atoms with Crippen LogP contribution >= 0.6 is 0 Å². The van der Waals surface area contributed by atoms with E-state index in [1.165, 1.54) is 190 Å². The van der Waals surface area contributed by atoms with Crippen molar-refractivity contribution in [3.05, 3.63) is 143 Å². The van der Waals surface area contributed by atoms with Gasteiger partial charge >= 0.3 is 0 Å². The Hall–Kier alpha value is -5.17. The molecule has 0 aliphatic heterocycles. The van der Waals surface area contributed by atoms with Crippen molar-refractivity contribution >= 4 is 13.8 Å². The number of nitrogens with zero attached hydrogens (tertiary/aromatic N) is 1. The second-order valence-electron chi connectivity index (χ2n) is 25.0. The third-order valence-corrected chi connectivity index (χ3v) is 16.8. The van der Waals surface area contributed by atoms with Gasteiger partial charge in [-0.2, -0.15) is 0 Å². The maximum atomic E-state index is 8.08. The van der Waals surface area contributed by atoms with Crippen LogP contribution in [-0.2, 0) is 38.5 Å². The molecule has 0 saturated carbocycles. The van der Waals surface area contributed by atoms with Crippen molar-refractivity contribution in [2.24, 2.45) is 0 Å². The highest BCUT2D eigenvalue weighted by Gasteiger charge is 2.17. The first-order valence-electron chi connectivity index (χ1n) is 32.8. The summed E-state index contributed by atoms with van der Waals surface area (Å²) in [6, 6.07) is 19.1. The van der Waals surface area contributed by atoms with Crippen LogP contribution in [-0.4, -0.2) is 8.07 Å². The summed E-state index contributed by atoms with van der Waals surface area (Å²) >= 11 is 0. The Labute approximate surface area is 494 Å². The number of unbranched alkanes of at least 4 members (excludes halogenated alkanes) is 18. The van der Waals surface area contributed by atoms with Crippen molar-refractivity contribution in [2.45, 2.75) is 293 Å². The molecule has 0 radical (unpaired) electrons. The lowest BCUT2D eigenvalue weighted by molar-refractivity contribution is 0.662. The molecule has 0 unspecified atom stereocenters. The molecule has 430 valence electrons. The number of hydrogen-bond acceptors (Lipinski definition) is 0. The summed E-state index contributed by atoms with van der Waals surface area (Å²) in [6.45, 7) is 37.8. The minimum Gasteiger partial charge on any atom is -0.238 e. The summed E-state index contributed by atoms with van der Waals surface area (Å²) in [6.07, 6.45) is 35.4. The van der Waals surface area contributed by atoms with Crippen molar-refractivity contribution in [1.82, 2.24) is 0 Å². The predicted molar refractivity (Wildman–Crippen MR) is 355 cm³/mol. The van der Waals surface area contributed by atoms with Gasteiger partial charge in [0.2, 0.25) is 0 Å². The minimum absolute atomic E-state index is 0.248. The lowest BCUT2D eigenvalue weighted by atomic mass is 9.89. The average molecular weight is 1090 g/mol. The van der Waals surface area contributed by atoms with Gasteiger partial charge in [-0.25, -0.2) is 4.85 Å². The van der Waals surface area contributed by atoms with Crippen LogP contribution in [0.3, 0.4) is 0 Å². The normalized spacial score (nSPS) is 11.1. The first-order chi connectivity index (χ1) is 38.7.